The van der Waals surface area contributed by atoms with Gasteiger partial charge in [-0.15, -0.1) is 0 Å². The number of hydrogen-bond donors (Lipinski definition) is 1. The SMILES string of the molecule is Cc1ccc(C(=O)c2c(C)nn(C)c2O)c(Cl)c1N1CCCC1=O. The molecule has 1 aromatic carbocycles. The Hall–Kier alpha value is -2.34. The van der Waals surface area contributed by atoms with Crippen molar-refractivity contribution >= 4 is 29.0 Å². The zero-order valence-corrected chi connectivity index (χ0v) is 14.5. The fourth-order valence-electron chi connectivity index (χ4n) is 3.10. The topological polar surface area (TPSA) is 75.4 Å². The third-order valence-corrected chi connectivity index (χ3v) is 4.71. The summed E-state index contributed by atoms with van der Waals surface area (Å²) in [6.07, 6.45) is 1.26. The maximum atomic E-state index is 12.9. The van der Waals surface area contributed by atoms with Gasteiger partial charge in [-0.3, -0.25) is 9.59 Å². The Morgan fingerprint density at radius 3 is 2.58 bits per heavy atom. The first-order valence-electron chi connectivity index (χ1n) is 7.69. The number of rotatable bonds is 3. The number of benzene rings is 1. The second-order valence-corrected chi connectivity index (χ2v) is 6.36. The molecule has 126 valence electrons. The smallest absolute Gasteiger partial charge is 0.227 e. The lowest BCUT2D eigenvalue weighted by Crippen LogP contribution is -2.25. The van der Waals surface area contributed by atoms with E-state index in [1.165, 1.54) is 4.68 Å². The predicted octanol–water partition coefficient (Wildman–Crippen LogP) is 2.75. The summed E-state index contributed by atoms with van der Waals surface area (Å²) in [5, 5.41) is 14.4. The lowest BCUT2D eigenvalue weighted by atomic mass is 10.0. The van der Waals surface area contributed by atoms with Crippen LogP contribution in [0.15, 0.2) is 12.1 Å². The van der Waals surface area contributed by atoms with Crippen molar-refractivity contribution < 1.29 is 14.7 Å². The number of nitrogens with zero attached hydrogens (tertiary/aromatic N) is 3. The quantitative estimate of drug-likeness (QED) is 0.866. The van der Waals surface area contributed by atoms with Gasteiger partial charge in [0.25, 0.3) is 0 Å². The van der Waals surface area contributed by atoms with Crippen LogP contribution in [0, 0.1) is 13.8 Å². The van der Waals surface area contributed by atoms with Crippen LogP contribution in [-0.2, 0) is 11.8 Å². The van der Waals surface area contributed by atoms with Gasteiger partial charge in [-0.1, -0.05) is 17.7 Å². The summed E-state index contributed by atoms with van der Waals surface area (Å²) < 4.78 is 1.25. The van der Waals surface area contributed by atoms with Crippen molar-refractivity contribution in [2.45, 2.75) is 26.7 Å². The molecule has 1 amide bonds. The zero-order chi connectivity index (χ0) is 17.6. The van der Waals surface area contributed by atoms with Crippen LogP contribution in [0.4, 0.5) is 5.69 Å². The number of halogens is 1. The highest BCUT2D eigenvalue weighted by Crippen LogP contribution is 2.37. The highest BCUT2D eigenvalue weighted by molar-refractivity contribution is 6.38. The van der Waals surface area contributed by atoms with Crippen molar-refractivity contribution in [1.29, 1.82) is 0 Å². The van der Waals surface area contributed by atoms with E-state index in [0.29, 0.717) is 24.3 Å². The van der Waals surface area contributed by atoms with Crippen molar-refractivity contribution in [3.05, 3.63) is 39.5 Å². The van der Waals surface area contributed by atoms with Crippen LogP contribution in [0.3, 0.4) is 0 Å². The van der Waals surface area contributed by atoms with E-state index in [0.717, 1.165) is 12.0 Å². The van der Waals surface area contributed by atoms with E-state index in [9.17, 15) is 14.7 Å². The van der Waals surface area contributed by atoms with Gasteiger partial charge in [0.1, 0.15) is 5.56 Å². The monoisotopic (exact) mass is 347 g/mol. The maximum absolute atomic E-state index is 12.9. The Morgan fingerprint density at radius 1 is 1.33 bits per heavy atom. The fourth-order valence-corrected chi connectivity index (χ4v) is 3.50. The highest BCUT2D eigenvalue weighted by Gasteiger charge is 2.29. The second kappa shape index (κ2) is 5.94. The summed E-state index contributed by atoms with van der Waals surface area (Å²) in [6.45, 7) is 4.10. The van der Waals surface area contributed by atoms with Crippen LogP contribution in [0.1, 0.15) is 40.0 Å². The van der Waals surface area contributed by atoms with Crippen molar-refractivity contribution in [2.24, 2.45) is 7.05 Å². The van der Waals surface area contributed by atoms with Gasteiger partial charge in [0.05, 0.1) is 16.4 Å². The summed E-state index contributed by atoms with van der Waals surface area (Å²) in [6, 6.07) is 3.39. The molecular weight excluding hydrogens is 330 g/mol. The van der Waals surface area contributed by atoms with Gasteiger partial charge in [-0.2, -0.15) is 5.10 Å². The van der Waals surface area contributed by atoms with Gasteiger partial charge in [-0.05, 0) is 31.9 Å². The number of carbonyl (C=O) groups is 2. The van der Waals surface area contributed by atoms with Gasteiger partial charge in [0.15, 0.2) is 0 Å². The minimum absolute atomic E-state index is 0.00463. The Morgan fingerprint density at radius 2 is 2.04 bits per heavy atom. The van der Waals surface area contributed by atoms with E-state index in [2.05, 4.69) is 5.10 Å². The summed E-state index contributed by atoms with van der Waals surface area (Å²) >= 11 is 6.49. The number of ketones is 1. The van der Waals surface area contributed by atoms with E-state index >= 15 is 0 Å². The van der Waals surface area contributed by atoms with Gasteiger partial charge >= 0.3 is 0 Å². The fraction of sp³-hybridized carbons (Fsp3) is 0.353. The minimum Gasteiger partial charge on any atom is -0.493 e. The predicted molar refractivity (Wildman–Crippen MR) is 90.8 cm³/mol. The number of anilines is 1. The molecule has 6 nitrogen and oxygen atoms in total. The molecule has 24 heavy (non-hydrogen) atoms. The largest absolute Gasteiger partial charge is 0.493 e. The van der Waals surface area contributed by atoms with Crippen LogP contribution in [0.5, 0.6) is 5.88 Å². The number of carbonyl (C=O) groups excluding carboxylic acids is 2. The maximum Gasteiger partial charge on any atom is 0.227 e. The third-order valence-electron chi connectivity index (χ3n) is 4.32. The first kappa shape index (κ1) is 16.5. The van der Waals surface area contributed by atoms with Crippen LogP contribution in [0.25, 0.3) is 0 Å². The normalized spacial score (nSPS) is 14.5. The molecule has 1 aliphatic heterocycles. The summed E-state index contributed by atoms with van der Waals surface area (Å²) in [5.74, 6) is -0.603. The Bertz CT molecular complexity index is 857. The number of amides is 1. The van der Waals surface area contributed by atoms with Crippen molar-refractivity contribution in [2.75, 3.05) is 11.4 Å². The average Bonchev–Trinajstić information content (AvgIpc) is 3.03. The van der Waals surface area contributed by atoms with Crippen LogP contribution < -0.4 is 4.90 Å². The zero-order valence-electron chi connectivity index (χ0n) is 13.8. The van der Waals surface area contributed by atoms with Crippen molar-refractivity contribution in [3.63, 3.8) is 0 Å². The molecule has 2 aromatic rings. The first-order valence-corrected chi connectivity index (χ1v) is 8.07. The standard InChI is InChI=1S/C17H18ClN3O3/c1-9-6-7-11(14(18)15(9)21-8-4-5-12(21)22)16(23)13-10(2)19-20(3)17(13)24/h6-7,24H,4-5,8H2,1-3H3. The van der Waals surface area contributed by atoms with E-state index in [-0.39, 0.29) is 27.9 Å². The van der Waals surface area contributed by atoms with Gasteiger partial charge < -0.3 is 10.0 Å². The summed E-state index contributed by atoms with van der Waals surface area (Å²) in [5.41, 5.74) is 2.21. The molecule has 3 rings (SSSR count). The number of aromatic nitrogens is 2. The first-order chi connectivity index (χ1) is 11.3. The molecule has 1 N–H and O–H groups in total. The molecule has 1 aliphatic rings. The lowest BCUT2D eigenvalue weighted by Gasteiger charge is -2.21. The molecular formula is C17H18ClN3O3. The summed E-state index contributed by atoms with van der Waals surface area (Å²) in [7, 11) is 1.56. The summed E-state index contributed by atoms with van der Waals surface area (Å²) in [4.78, 5) is 26.6. The minimum atomic E-state index is -0.406. The Labute approximate surface area is 144 Å². The van der Waals surface area contributed by atoms with E-state index in [1.807, 2.05) is 6.92 Å². The molecule has 0 bridgehead atoms. The average molecular weight is 348 g/mol. The van der Waals surface area contributed by atoms with Gasteiger partial charge in [0.2, 0.25) is 17.6 Å². The molecule has 0 radical (unpaired) electrons. The third kappa shape index (κ3) is 2.47. The molecule has 7 heteroatoms. The second-order valence-electron chi connectivity index (χ2n) is 5.98. The van der Waals surface area contributed by atoms with Crippen molar-refractivity contribution in [1.82, 2.24) is 9.78 Å². The number of hydrogen-bond acceptors (Lipinski definition) is 4. The van der Waals surface area contributed by atoms with E-state index in [4.69, 9.17) is 11.6 Å². The lowest BCUT2D eigenvalue weighted by molar-refractivity contribution is -0.117. The molecule has 1 fully saturated rings. The Kier molecular flexibility index (Phi) is 4.09. The molecule has 0 spiro atoms. The van der Waals surface area contributed by atoms with Crippen LogP contribution in [-0.4, -0.2) is 33.1 Å². The Balaban J connectivity index is 2.12. The molecule has 1 aromatic heterocycles. The van der Waals surface area contributed by atoms with Gasteiger partial charge in [-0.25, -0.2) is 4.68 Å². The molecule has 0 aliphatic carbocycles. The number of aryl methyl sites for hydroxylation is 3. The molecule has 2 heterocycles. The van der Waals surface area contributed by atoms with Gasteiger partial charge in [0, 0.05) is 25.6 Å². The van der Waals surface area contributed by atoms with Crippen molar-refractivity contribution in [3.8, 4) is 5.88 Å². The number of aromatic hydroxyl groups is 1. The van der Waals surface area contributed by atoms with Crippen LogP contribution in [0.2, 0.25) is 5.02 Å². The van der Waals surface area contributed by atoms with E-state index in [1.54, 1.807) is 31.0 Å². The van der Waals surface area contributed by atoms with E-state index < -0.39 is 5.78 Å². The van der Waals surface area contributed by atoms with Crippen LogP contribution >= 0.6 is 11.6 Å². The molecule has 1 saturated heterocycles. The molecule has 0 saturated carbocycles. The molecule has 0 unspecified atom stereocenters. The molecule has 0 atom stereocenters. The highest BCUT2D eigenvalue weighted by atomic mass is 35.5.